The van der Waals surface area contributed by atoms with E-state index in [0.29, 0.717) is 12.4 Å². The fraction of sp³-hybridized carbons (Fsp3) is 0.417. The predicted molar refractivity (Wildman–Crippen MR) is 69.9 cm³/mol. The van der Waals surface area contributed by atoms with Gasteiger partial charge in [-0.05, 0) is 19.1 Å². The normalized spacial score (nSPS) is 13.7. The van der Waals surface area contributed by atoms with Crippen molar-refractivity contribution >= 4 is 13.5 Å². The second kappa shape index (κ2) is 7.19. The zero-order valence-corrected chi connectivity index (χ0v) is 11.5. The summed E-state index contributed by atoms with van der Waals surface area (Å²) < 4.78 is 22.1. The highest BCUT2D eigenvalue weighted by molar-refractivity contribution is 7.56. The molecule has 0 aliphatic rings. The van der Waals surface area contributed by atoms with E-state index in [1.807, 2.05) is 6.07 Å². The molecular formula is C12H18NO4P. The van der Waals surface area contributed by atoms with Gasteiger partial charge in [0.25, 0.3) is 0 Å². The average Bonchev–Trinajstić information content (AvgIpc) is 2.29. The Labute approximate surface area is 107 Å². The van der Waals surface area contributed by atoms with Crippen LogP contribution in [-0.2, 0) is 14.1 Å². The Hall–Kier alpha value is -1.32. The molecule has 0 spiro atoms. The molecule has 1 atom stereocenters. The van der Waals surface area contributed by atoms with Gasteiger partial charge in [0, 0.05) is 13.2 Å². The first-order chi connectivity index (χ1) is 8.53. The van der Waals surface area contributed by atoms with Crippen LogP contribution in [0.25, 0.3) is 0 Å². The number of hydrogen-bond donors (Lipinski definition) is 1. The number of rotatable bonds is 7. The van der Waals surface area contributed by atoms with Crippen molar-refractivity contribution in [1.82, 2.24) is 5.09 Å². The van der Waals surface area contributed by atoms with Gasteiger partial charge in [-0.3, -0.25) is 9.36 Å². The minimum Gasteiger partial charge on any atom is -0.466 e. The highest BCUT2D eigenvalue weighted by Gasteiger charge is 2.17. The summed E-state index contributed by atoms with van der Waals surface area (Å²) in [5.74, 6) is 0.219. The molecule has 5 nitrogen and oxygen atoms in total. The molecule has 1 aromatic rings. The Morgan fingerprint density at radius 3 is 2.61 bits per heavy atom. The van der Waals surface area contributed by atoms with Crippen LogP contribution in [0.5, 0.6) is 5.75 Å². The number of ether oxygens (including phenoxy) is 1. The van der Waals surface area contributed by atoms with Gasteiger partial charge < -0.3 is 9.26 Å². The number of hydrogen-bond acceptors (Lipinski definition) is 4. The summed E-state index contributed by atoms with van der Waals surface area (Å²) >= 11 is 0. The van der Waals surface area contributed by atoms with E-state index in [9.17, 15) is 9.36 Å². The quantitative estimate of drug-likeness (QED) is 0.609. The van der Waals surface area contributed by atoms with Crippen molar-refractivity contribution in [2.45, 2.75) is 13.3 Å². The molecule has 0 aliphatic heterocycles. The highest BCUT2D eigenvalue weighted by Crippen LogP contribution is 2.38. The SMILES string of the molecule is CCOC(=O)CCNP(C)(=O)Oc1ccccc1. The first kappa shape index (κ1) is 14.7. The molecule has 0 saturated carbocycles. The predicted octanol–water partition coefficient (Wildman–Crippen LogP) is 2.43. The van der Waals surface area contributed by atoms with E-state index in [0.717, 1.165) is 0 Å². The summed E-state index contributed by atoms with van der Waals surface area (Å²) in [4.78, 5) is 11.1. The van der Waals surface area contributed by atoms with E-state index < -0.39 is 7.52 Å². The van der Waals surface area contributed by atoms with Gasteiger partial charge in [-0.2, -0.15) is 0 Å². The summed E-state index contributed by atoms with van der Waals surface area (Å²) in [7, 11) is -2.95. The number of para-hydroxylation sites is 1. The fourth-order valence-electron chi connectivity index (χ4n) is 1.31. The number of esters is 1. The smallest absolute Gasteiger partial charge is 0.313 e. The van der Waals surface area contributed by atoms with Crippen LogP contribution >= 0.6 is 7.52 Å². The lowest BCUT2D eigenvalue weighted by atomic mass is 10.3. The highest BCUT2D eigenvalue weighted by atomic mass is 31.2. The Morgan fingerprint density at radius 1 is 1.33 bits per heavy atom. The second-order valence-electron chi connectivity index (χ2n) is 3.71. The van der Waals surface area contributed by atoms with E-state index in [1.54, 1.807) is 31.2 Å². The Bertz CT molecular complexity index is 421. The lowest BCUT2D eigenvalue weighted by Crippen LogP contribution is -2.18. The molecule has 0 bridgehead atoms. The monoisotopic (exact) mass is 271 g/mol. The maximum absolute atomic E-state index is 12.0. The largest absolute Gasteiger partial charge is 0.466 e. The van der Waals surface area contributed by atoms with Gasteiger partial charge in [-0.15, -0.1) is 0 Å². The molecule has 6 heteroatoms. The van der Waals surface area contributed by atoms with Crippen LogP contribution in [0.15, 0.2) is 30.3 Å². The molecule has 100 valence electrons. The van der Waals surface area contributed by atoms with Crippen molar-refractivity contribution in [3.05, 3.63) is 30.3 Å². The summed E-state index contributed by atoms with van der Waals surface area (Å²) in [5.41, 5.74) is 0. The molecule has 1 N–H and O–H groups in total. The van der Waals surface area contributed by atoms with Gasteiger partial charge in [-0.1, -0.05) is 18.2 Å². The third kappa shape index (κ3) is 5.84. The number of carbonyl (C=O) groups is 1. The van der Waals surface area contributed by atoms with Crippen LogP contribution in [0.3, 0.4) is 0 Å². The summed E-state index contributed by atoms with van der Waals surface area (Å²) in [5, 5.41) is 2.73. The lowest BCUT2D eigenvalue weighted by Gasteiger charge is -2.16. The standard InChI is InChI=1S/C12H18NO4P/c1-3-16-12(14)9-10-13-18(2,15)17-11-7-5-4-6-8-11/h4-8H,3,9-10H2,1-2H3,(H,13,15). The Balaban J connectivity index is 2.36. The molecular weight excluding hydrogens is 253 g/mol. The van der Waals surface area contributed by atoms with Crippen LogP contribution in [0.1, 0.15) is 13.3 Å². The van der Waals surface area contributed by atoms with Gasteiger partial charge in [0.15, 0.2) is 0 Å². The topological polar surface area (TPSA) is 64.6 Å². The lowest BCUT2D eigenvalue weighted by molar-refractivity contribution is -0.142. The van der Waals surface area contributed by atoms with E-state index >= 15 is 0 Å². The summed E-state index contributed by atoms with van der Waals surface area (Å²) in [6, 6.07) is 8.90. The van der Waals surface area contributed by atoms with E-state index in [4.69, 9.17) is 9.26 Å². The van der Waals surface area contributed by atoms with Crippen LogP contribution in [0, 0.1) is 0 Å². The van der Waals surface area contributed by atoms with Crippen molar-refractivity contribution < 1.29 is 18.6 Å². The summed E-state index contributed by atoms with van der Waals surface area (Å²) in [6.07, 6.45) is 0.170. The maximum Gasteiger partial charge on any atom is 0.313 e. The van der Waals surface area contributed by atoms with Gasteiger partial charge in [0.2, 0.25) is 0 Å². The molecule has 18 heavy (non-hydrogen) atoms. The average molecular weight is 271 g/mol. The van der Waals surface area contributed by atoms with Crippen molar-refractivity contribution in [2.24, 2.45) is 0 Å². The molecule has 1 aromatic carbocycles. The zero-order valence-electron chi connectivity index (χ0n) is 10.6. The molecule has 1 rings (SSSR count). The van der Waals surface area contributed by atoms with E-state index in [-0.39, 0.29) is 18.9 Å². The van der Waals surface area contributed by atoms with Crippen LogP contribution in [-0.4, -0.2) is 25.8 Å². The van der Waals surface area contributed by atoms with Crippen molar-refractivity contribution in [2.75, 3.05) is 19.8 Å². The van der Waals surface area contributed by atoms with Gasteiger partial charge in [0.1, 0.15) is 5.75 Å². The van der Waals surface area contributed by atoms with Gasteiger partial charge >= 0.3 is 13.5 Å². The Kier molecular flexibility index (Phi) is 5.89. The Morgan fingerprint density at radius 2 is 2.00 bits per heavy atom. The first-order valence-electron chi connectivity index (χ1n) is 5.76. The number of carbonyl (C=O) groups excluding carboxylic acids is 1. The first-order valence-corrected chi connectivity index (χ1v) is 7.83. The van der Waals surface area contributed by atoms with Gasteiger partial charge in [-0.25, -0.2) is 5.09 Å². The molecule has 0 amide bonds. The molecule has 1 unspecified atom stereocenters. The van der Waals surface area contributed by atoms with Crippen molar-refractivity contribution in [3.63, 3.8) is 0 Å². The maximum atomic E-state index is 12.0. The molecule has 0 fully saturated rings. The van der Waals surface area contributed by atoms with Crippen LogP contribution in [0.4, 0.5) is 0 Å². The van der Waals surface area contributed by atoms with Crippen molar-refractivity contribution in [1.29, 1.82) is 0 Å². The zero-order chi connectivity index (χ0) is 13.4. The number of benzene rings is 1. The second-order valence-corrected chi connectivity index (χ2v) is 5.90. The minimum atomic E-state index is -2.95. The minimum absolute atomic E-state index is 0.170. The summed E-state index contributed by atoms with van der Waals surface area (Å²) in [6.45, 7) is 3.84. The molecule has 0 radical (unpaired) electrons. The third-order valence-corrected chi connectivity index (χ3v) is 3.41. The molecule has 0 aliphatic carbocycles. The van der Waals surface area contributed by atoms with Crippen LogP contribution < -0.4 is 9.61 Å². The molecule has 0 heterocycles. The van der Waals surface area contributed by atoms with E-state index in [1.165, 1.54) is 6.66 Å². The fourth-order valence-corrected chi connectivity index (χ4v) is 2.42. The van der Waals surface area contributed by atoms with Gasteiger partial charge in [0.05, 0.1) is 13.0 Å². The number of nitrogens with one attached hydrogen (secondary N) is 1. The third-order valence-electron chi connectivity index (χ3n) is 2.06. The van der Waals surface area contributed by atoms with Crippen molar-refractivity contribution in [3.8, 4) is 5.75 Å². The van der Waals surface area contributed by atoms with Crippen LogP contribution in [0.2, 0.25) is 0 Å². The molecule has 0 saturated heterocycles. The van der Waals surface area contributed by atoms with E-state index in [2.05, 4.69) is 5.09 Å². The molecule has 0 aromatic heterocycles.